The van der Waals surface area contributed by atoms with E-state index >= 15 is 0 Å². The van der Waals surface area contributed by atoms with E-state index in [2.05, 4.69) is 20.4 Å². The van der Waals surface area contributed by atoms with Crippen molar-refractivity contribution in [3.8, 4) is 6.01 Å². The van der Waals surface area contributed by atoms with Gasteiger partial charge in [-0.05, 0) is 49.9 Å². The lowest BCUT2D eigenvalue weighted by molar-refractivity contribution is 0.0605. The number of hydrogen-bond donors (Lipinski definition) is 2. The van der Waals surface area contributed by atoms with E-state index in [-0.39, 0.29) is 18.0 Å². The third-order valence-electron chi connectivity index (χ3n) is 4.24. The molecule has 0 saturated heterocycles. The fraction of sp³-hybridized carbons (Fsp3) is 0.353. The zero-order valence-corrected chi connectivity index (χ0v) is 13.5. The van der Waals surface area contributed by atoms with Gasteiger partial charge >= 0.3 is 6.01 Å². The third kappa shape index (κ3) is 3.53. The van der Waals surface area contributed by atoms with Gasteiger partial charge in [-0.2, -0.15) is 9.50 Å². The first-order valence-electron chi connectivity index (χ1n) is 8.26. The van der Waals surface area contributed by atoms with Crippen molar-refractivity contribution in [3.63, 3.8) is 0 Å². The summed E-state index contributed by atoms with van der Waals surface area (Å²) in [5, 5.41) is 17.0. The zero-order chi connectivity index (χ0) is 17.2. The first-order valence-corrected chi connectivity index (χ1v) is 8.26. The summed E-state index contributed by atoms with van der Waals surface area (Å²) >= 11 is 0. The molecule has 0 amide bonds. The number of hydrogen-bond acceptors (Lipinski definition) is 6. The Balaban J connectivity index is 1.54. The molecule has 7 nitrogen and oxygen atoms in total. The molecule has 0 aliphatic heterocycles. The SMILES string of the molecule is OC1CCC(Oc2nccc3nc(Nc4ccc(F)cc4)nn23)CC1. The molecule has 0 radical (unpaired) electrons. The molecule has 130 valence electrons. The average molecular weight is 343 g/mol. The summed E-state index contributed by atoms with van der Waals surface area (Å²) in [5.41, 5.74) is 1.29. The number of aliphatic hydroxyl groups is 1. The standard InChI is InChI=1S/C17H18FN5O2/c18-11-1-3-12(4-2-11)20-16-21-15-9-10-19-17(23(15)22-16)25-14-7-5-13(24)6-8-14/h1-4,9-10,13-14,24H,5-8H2,(H,20,22). The molecule has 1 aliphatic carbocycles. The van der Waals surface area contributed by atoms with E-state index in [0.717, 1.165) is 25.7 Å². The van der Waals surface area contributed by atoms with Crippen molar-refractivity contribution in [1.29, 1.82) is 0 Å². The van der Waals surface area contributed by atoms with Crippen LogP contribution in [-0.2, 0) is 0 Å². The van der Waals surface area contributed by atoms with Gasteiger partial charge in [-0.15, -0.1) is 5.10 Å². The predicted molar refractivity (Wildman–Crippen MR) is 89.4 cm³/mol. The number of ether oxygens (including phenoxy) is 1. The zero-order valence-electron chi connectivity index (χ0n) is 13.5. The number of nitrogens with zero attached hydrogens (tertiary/aromatic N) is 4. The van der Waals surface area contributed by atoms with Crippen LogP contribution in [0, 0.1) is 5.82 Å². The summed E-state index contributed by atoms with van der Waals surface area (Å²) in [7, 11) is 0. The van der Waals surface area contributed by atoms with Crippen molar-refractivity contribution in [2.24, 2.45) is 0 Å². The first-order chi connectivity index (χ1) is 12.2. The van der Waals surface area contributed by atoms with Crippen LogP contribution in [0.3, 0.4) is 0 Å². The van der Waals surface area contributed by atoms with Crippen molar-refractivity contribution in [2.75, 3.05) is 5.32 Å². The molecule has 25 heavy (non-hydrogen) atoms. The van der Waals surface area contributed by atoms with Gasteiger partial charge in [-0.3, -0.25) is 0 Å². The predicted octanol–water partition coefficient (Wildman–Crippen LogP) is 2.69. The smallest absolute Gasteiger partial charge is 0.319 e. The Morgan fingerprint density at radius 2 is 1.88 bits per heavy atom. The lowest BCUT2D eigenvalue weighted by Crippen LogP contribution is -2.27. The summed E-state index contributed by atoms with van der Waals surface area (Å²) in [6.45, 7) is 0. The average Bonchev–Trinajstić information content (AvgIpc) is 3.02. The molecule has 0 spiro atoms. The maximum absolute atomic E-state index is 13.0. The number of anilines is 2. The maximum atomic E-state index is 13.0. The van der Waals surface area contributed by atoms with Crippen LogP contribution in [0.4, 0.5) is 16.0 Å². The summed E-state index contributed by atoms with van der Waals surface area (Å²) in [6.07, 6.45) is 4.44. The first kappa shape index (κ1) is 15.8. The normalized spacial score (nSPS) is 20.6. The molecule has 2 heterocycles. The minimum Gasteiger partial charge on any atom is -0.460 e. The van der Waals surface area contributed by atoms with Gasteiger partial charge in [0.1, 0.15) is 11.9 Å². The van der Waals surface area contributed by atoms with Crippen molar-refractivity contribution in [1.82, 2.24) is 19.6 Å². The number of aromatic nitrogens is 4. The second kappa shape index (κ2) is 6.64. The van der Waals surface area contributed by atoms with Gasteiger partial charge in [-0.25, -0.2) is 9.37 Å². The van der Waals surface area contributed by atoms with Crippen LogP contribution in [0.1, 0.15) is 25.7 Å². The molecule has 8 heteroatoms. The molecular formula is C17H18FN5O2. The second-order valence-corrected chi connectivity index (χ2v) is 6.11. The minimum atomic E-state index is -0.300. The van der Waals surface area contributed by atoms with Crippen LogP contribution < -0.4 is 10.1 Å². The van der Waals surface area contributed by atoms with E-state index in [0.29, 0.717) is 23.3 Å². The van der Waals surface area contributed by atoms with Crippen LogP contribution in [-0.4, -0.2) is 36.9 Å². The van der Waals surface area contributed by atoms with Crippen molar-refractivity contribution in [3.05, 3.63) is 42.3 Å². The quantitative estimate of drug-likeness (QED) is 0.758. The van der Waals surface area contributed by atoms with E-state index in [1.807, 2.05) is 0 Å². The molecular weight excluding hydrogens is 325 g/mol. The van der Waals surface area contributed by atoms with Crippen LogP contribution in [0.2, 0.25) is 0 Å². The van der Waals surface area contributed by atoms with Crippen molar-refractivity contribution in [2.45, 2.75) is 37.9 Å². The Morgan fingerprint density at radius 3 is 2.64 bits per heavy atom. The molecule has 4 rings (SSSR count). The minimum absolute atomic E-state index is 0.0132. The highest BCUT2D eigenvalue weighted by molar-refractivity contribution is 5.55. The molecule has 1 saturated carbocycles. The monoisotopic (exact) mass is 343 g/mol. The van der Waals surface area contributed by atoms with Crippen LogP contribution in [0.5, 0.6) is 6.01 Å². The maximum Gasteiger partial charge on any atom is 0.319 e. The molecule has 1 aromatic carbocycles. The molecule has 1 fully saturated rings. The fourth-order valence-corrected chi connectivity index (χ4v) is 2.90. The van der Waals surface area contributed by atoms with Gasteiger partial charge in [0, 0.05) is 18.0 Å². The van der Waals surface area contributed by atoms with E-state index in [1.165, 1.54) is 16.6 Å². The molecule has 0 unspecified atom stereocenters. The van der Waals surface area contributed by atoms with E-state index in [1.54, 1.807) is 24.4 Å². The molecule has 3 aromatic rings. The largest absolute Gasteiger partial charge is 0.460 e. The second-order valence-electron chi connectivity index (χ2n) is 6.11. The molecule has 0 bridgehead atoms. The number of aliphatic hydroxyl groups excluding tert-OH is 1. The number of rotatable bonds is 4. The lowest BCUT2D eigenvalue weighted by Gasteiger charge is -2.25. The highest BCUT2D eigenvalue weighted by Gasteiger charge is 2.22. The number of benzene rings is 1. The third-order valence-corrected chi connectivity index (χ3v) is 4.24. The van der Waals surface area contributed by atoms with Gasteiger partial charge in [-0.1, -0.05) is 0 Å². The Morgan fingerprint density at radius 1 is 1.12 bits per heavy atom. The Labute approximate surface area is 143 Å². The van der Waals surface area contributed by atoms with Crippen LogP contribution in [0.25, 0.3) is 5.65 Å². The highest BCUT2D eigenvalue weighted by atomic mass is 19.1. The number of nitrogens with one attached hydrogen (secondary N) is 1. The van der Waals surface area contributed by atoms with Gasteiger partial charge in [0.25, 0.3) is 0 Å². The summed E-state index contributed by atoms with van der Waals surface area (Å²) in [4.78, 5) is 8.63. The van der Waals surface area contributed by atoms with E-state index < -0.39 is 0 Å². The molecule has 2 aromatic heterocycles. The van der Waals surface area contributed by atoms with Crippen molar-refractivity contribution >= 4 is 17.3 Å². The summed E-state index contributed by atoms with van der Waals surface area (Å²) in [5.74, 6) is 0.0783. The van der Waals surface area contributed by atoms with Crippen molar-refractivity contribution < 1.29 is 14.2 Å². The van der Waals surface area contributed by atoms with Gasteiger partial charge in [0.05, 0.1) is 6.10 Å². The molecule has 2 N–H and O–H groups in total. The number of fused-ring (bicyclic) bond motifs is 1. The topological polar surface area (TPSA) is 84.6 Å². The Hall–Kier alpha value is -2.74. The van der Waals surface area contributed by atoms with E-state index in [9.17, 15) is 9.50 Å². The summed E-state index contributed by atoms with van der Waals surface area (Å²) < 4.78 is 20.5. The molecule has 0 atom stereocenters. The number of halogens is 1. The van der Waals surface area contributed by atoms with Gasteiger partial charge in [0.15, 0.2) is 5.65 Å². The Kier molecular flexibility index (Phi) is 4.19. The lowest BCUT2D eigenvalue weighted by atomic mass is 9.95. The van der Waals surface area contributed by atoms with Crippen LogP contribution >= 0.6 is 0 Å². The van der Waals surface area contributed by atoms with Gasteiger partial charge in [0.2, 0.25) is 5.95 Å². The highest BCUT2D eigenvalue weighted by Crippen LogP contribution is 2.23. The van der Waals surface area contributed by atoms with Gasteiger partial charge < -0.3 is 15.2 Å². The van der Waals surface area contributed by atoms with E-state index in [4.69, 9.17) is 4.74 Å². The van der Waals surface area contributed by atoms with Crippen LogP contribution in [0.15, 0.2) is 36.5 Å². The fourth-order valence-electron chi connectivity index (χ4n) is 2.90. The molecule has 1 aliphatic rings. The Bertz CT molecular complexity index is 859. The summed E-state index contributed by atoms with van der Waals surface area (Å²) in [6, 6.07) is 8.07.